The number of Topliss-reactive ketones (excluding diaryl/α,β-unsaturated/α-hetero) is 1. The van der Waals surface area contributed by atoms with Crippen molar-refractivity contribution in [2.45, 2.75) is 50.5 Å². The summed E-state index contributed by atoms with van der Waals surface area (Å²) in [5, 5.41) is 0. The van der Waals surface area contributed by atoms with E-state index >= 15 is 0 Å². The smallest absolute Gasteiger partial charge is 0.240 e. The van der Waals surface area contributed by atoms with Crippen molar-refractivity contribution < 1.29 is 13.2 Å². The molecular formula is C17H23NO3S. The van der Waals surface area contributed by atoms with E-state index in [1.165, 1.54) is 32.3 Å². The Morgan fingerprint density at radius 1 is 1.27 bits per heavy atom. The van der Waals surface area contributed by atoms with Crippen LogP contribution in [0, 0.1) is 17.8 Å². The summed E-state index contributed by atoms with van der Waals surface area (Å²) in [6, 6.07) is 6.20. The first-order valence-electron chi connectivity index (χ1n) is 8.00. The summed E-state index contributed by atoms with van der Waals surface area (Å²) in [5.74, 6) is 1.79. The largest absolute Gasteiger partial charge is 0.295 e. The monoisotopic (exact) mass is 321 g/mol. The zero-order valence-electron chi connectivity index (χ0n) is 13.1. The van der Waals surface area contributed by atoms with Crippen molar-refractivity contribution in [1.82, 2.24) is 4.72 Å². The molecule has 2 bridgehead atoms. The first kappa shape index (κ1) is 15.7. The Hall–Kier alpha value is -1.20. The van der Waals surface area contributed by atoms with Crippen molar-refractivity contribution in [2.75, 3.05) is 0 Å². The van der Waals surface area contributed by atoms with E-state index in [2.05, 4.69) is 4.72 Å². The van der Waals surface area contributed by atoms with E-state index in [-0.39, 0.29) is 16.7 Å². The molecule has 1 aromatic carbocycles. The second-order valence-electron chi connectivity index (χ2n) is 6.83. The quantitative estimate of drug-likeness (QED) is 0.848. The first-order chi connectivity index (χ1) is 10.4. The number of carbonyl (C=O) groups excluding carboxylic acids is 1. The van der Waals surface area contributed by atoms with Gasteiger partial charge in [0, 0.05) is 11.6 Å². The van der Waals surface area contributed by atoms with Crippen LogP contribution in [0.4, 0.5) is 0 Å². The number of ketones is 1. The van der Waals surface area contributed by atoms with Gasteiger partial charge in [-0.3, -0.25) is 4.79 Å². The summed E-state index contributed by atoms with van der Waals surface area (Å²) < 4.78 is 27.9. The van der Waals surface area contributed by atoms with Gasteiger partial charge in [-0.2, -0.15) is 0 Å². The fourth-order valence-electron chi connectivity index (χ4n) is 4.19. The average Bonchev–Trinajstić information content (AvgIpc) is 3.09. The number of fused-ring (bicyclic) bond motifs is 2. The highest BCUT2D eigenvalue weighted by Crippen LogP contribution is 2.49. The van der Waals surface area contributed by atoms with Crippen LogP contribution in [-0.4, -0.2) is 20.2 Å². The maximum absolute atomic E-state index is 12.6. The molecule has 0 amide bonds. The molecule has 2 aliphatic carbocycles. The molecule has 0 aliphatic heterocycles. The van der Waals surface area contributed by atoms with Gasteiger partial charge in [0.2, 0.25) is 10.0 Å². The molecule has 120 valence electrons. The second kappa shape index (κ2) is 5.78. The summed E-state index contributed by atoms with van der Waals surface area (Å²) in [6.45, 7) is 3.41. The number of rotatable bonds is 5. The molecule has 5 heteroatoms. The van der Waals surface area contributed by atoms with Crippen molar-refractivity contribution in [1.29, 1.82) is 0 Å². The third-order valence-electron chi connectivity index (χ3n) is 5.33. The fourth-order valence-corrected chi connectivity index (χ4v) is 5.53. The van der Waals surface area contributed by atoms with Crippen molar-refractivity contribution in [2.24, 2.45) is 17.8 Å². The van der Waals surface area contributed by atoms with E-state index in [1.54, 1.807) is 18.2 Å². The SMILES string of the molecule is CC(=O)c1cccc(S(=O)(=O)N[C@H](C)[C@@H]2C[C@H]3CC[C@H]2C3)c1. The normalized spacial score (nSPS) is 28.7. The lowest BCUT2D eigenvalue weighted by atomic mass is 9.84. The van der Waals surface area contributed by atoms with E-state index in [4.69, 9.17) is 0 Å². The Labute approximate surface area is 132 Å². The summed E-state index contributed by atoms with van der Waals surface area (Å²) in [6.07, 6.45) is 4.95. The topological polar surface area (TPSA) is 63.2 Å². The molecule has 22 heavy (non-hydrogen) atoms. The van der Waals surface area contributed by atoms with Gasteiger partial charge in [-0.1, -0.05) is 18.6 Å². The number of hydrogen-bond donors (Lipinski definition) is 1. The molecule has 0 aromatic heterocycles. The zero-order chi connectivity index (χ0) is 15.9. The Kier molecular flexibility index (Phi) is 4.12. The van der Waals surface area contributed by atoms with E-state index in [0.29, 0.717) is 17.4 Å². The third kappa shape index (κ3) is 2.97. The van der Waals surface area contributed by atoms with Gasteiger partial charge in [-0.05, 0) is 63.0 Å². The minimum Gasteiger partial charge on any atom is -0.295 e. The van der Waals surface area contributed by atoms with Crippen LogP contribution in [0.15, 0.2) is 29.2 Å². The Bertz CT molecular complexity index is 683. The average molecular weight is 321 g/mol. The number of hydrogen-bond acceptors (Lipinski definition) is 3. The van der Waals surface area contributed by atoms with Gasteiger partial charge in [0.1, 0.15) is 0 Å². The molecule has 0 radical (unpaired) electrons. The number of carbonyl (C=O) groups is 1. The van der Waals surface area contributed by atoms with E-state index in [0.717, 1.165) is 12.3 Å². The summed E-state index contributed by atoms with van der Waals surface area (Å²) in [4.78, 5) is 11.6. The predicted octanol–water partition coefficient (Wildman–Crippen LogP) is 2.99. The lowest BCUT2D eigenvalue weighted by Gasteiger charge is -2.28. The van der Waals surface area contributed by atoms with Gasteiger partial charge in [-0.15, -0.1) is 0 Å². The molecule has 4 nitrogen and oxygen atoms in total. The molecule has 2 aliphatic rings. The van der Waals surface area contributed by atoms with Crippen LogP contribution in [0.5, 0.6) is 0 Å². The minimum atomic E-state index is -3.57. The van der Waals surface area contributed by atoms with Crippen LogP contribution in [0.3, 0.4) is 0 Å². The fraction of sp³-hybridized carbons (Fsp3) is 0.588. The van der Waals surface area contributed by atoms with Gasteiger partial charge in [0.25, 0.3) is 0 Å². The number of benzene rings is 1. The van der Waals surface area contributed by atoms with Crippen molar-refractivity contribution in [3.05, 3.63) is 29.8 Å². The van der Waals surface area contributed by atoms with Gasteiger partial charge in [0.15, 0.2) is 5.78 Å². The minimum absolute atomic E-state index is 0.0544. The molecule has 3 rings (SSSR count). The summed E-state index contributed by atoms with van der Waals surface area (Å²) in [5.41, 5.74) is 0.426. The van der Waals surface area contributed by atoms with Gasteiger partial charge >= 0.3 is 0 Å². The molecular weight excluding hydrogens is 298 g/mol. The lowest BCUT2D eigenvalue weighted by Crippen LogP contribution is -2.40. The third-order valence-corrected chi connectivity index (χ3v) is 6.88. The number of sulfonamides is 1. The molecule has 2 fully saturated rings. The van der Waals surface area contributed by atoms with Crippen LogP contribution in [0.2, 0.25) is 0 Å². The molecule has 0 heterocycles. The number of nitrogens with one attached hydrogen (secondary N) is 1. The highest BCUT2D eigenvalue weighted by Gasteiger charge is 2.42. The van der Waals surface area contributed by atoms with Crippen LogP contribution in [0.1, 0.15) is 49.9 Å². The van der Waals surface area contributed by atoms with E-state index in [9.17, 15) is 13.2 Å². The molecule has 0 unspecified atom stereocenters. The second-order valence-corrected chi connectivity index (χ2v) is 8.55. The first-order valence-corrected chi connectivity index (χ1v) is 9.48. The highest BCUT2D eigenvalue weighted by molar-refractivity contribution is 7.89. The zero-order valence-corrected chi connectivity index (χ0v) is 13.9. The molecule has 1 N–H and O–H groups in total. The van der Waals surface area contributed by atoms with Crippen LogP contribution in [0.25, 0.3) is 0 Å². The van der Waals surface area contributed by atoms with Crippen molar-refractivity contribution in [3.8, 4) is 0 Å². The van der Waals surface area contributed by atoms with E-state index in [1.807, 2.05) is 6.92 Å². The molecule has 1 aromatic rings. The van der Waals surface area contributed by atoms with Crippen LogP contribution >= 0.6 is 0 Å². The Morgan fingerprint density at radius 2 is 2.05 bits per heavy atom. The van der Waals surface area contributed by atoms with Gasteiger partial charge < -0.3 is 0 Å². The van der Waals surface area contributed by atoms with Gasteiger partial charge in [-0.25, -0.2) is 13.1 Å². The molecule has 0 saturated heterocycles. The van der Waals surface area contributed by atoms with Crippen molar-refractivity contribution in [3.63, 3.8) is 0 Å². The van der Waals surface area contributed by atoms with Crippen molar-refractivity contribution >= 4 is 15.8 Å². The van der Waals surface area contributed by atoms with Crippen LogP contribution in [-0.2, 0) is 10.0 Å². The van der Waals surface area contributed by atoms with Crippen LogP contribution < -0.4 is 4.72 Å². The summed E-state index contributed by atoms with van der Waals surface area (Å²) >= 11 is 0. The molecule has 0 spiro atoms. The lowest BCUT2D eigenvalue weighted by molar-refractivity contribution is 0.101. The highest BCUT2D eigenvalue weighted by atomic mass is 32.2. The molecule has 4 atom stereocenters. The Balaban J connectivity index is 1.76. The standard InChI is InChI=1S/C17H23NO3S/c1-11(17-9-13-6-7-15(17)8-13)18-22(20,21)16-5-3-4-14(10-16)12(2)19/h3-5,10-11,13,15,17-18H,6-9H2,1-2H3/t11-,13+,15+,17+/m1/s1. The molecule has 2 saturated carbocycles. The van der Waals surface area contributed by atoms with E-state index < -0.39 is 10.0 Å². The predicted molar refractivity (Wildman–Crippen MR) is 85.2 cm³/mol. The Morgan fingerprint density at radius 3 is 2.64 bits per heavy atom. The maximum Gasteiger partial charge on any atom is 0.240 e. The van der Waals surface area contributed by atoms with Gasteiger partial charge in [0.05, 0.1) is 4.90 Å². The summed E-state index contributed by atoms with van der Waals surface area (Å²) in [7, 11) is -3.57. The maximum atomic E-state index is 12.6.